The molecule has 2 unspecified atom stereocenters. The Morgan fingerprint density at radius 1 is 1.15 bits per heavy atom. The fourth-order valence-electron chi connectivity index (χ4n) is 3.37. The van der Waals surface area contributed by atoms with Crippen LogP contribution in [0.15, 0.2) is 0 Å². The Kier molecular flexibility index (Phi) is 1.82. The first-order valence-electron chi connectivity index (χ1n) is 5.20. The summed E-state index contributed by atoms with van der Waals surface area (Å²) in [5.41, 5.74) is -0.0833. The Balaban J connectivity index is 2.35. The third-order valence-corrected chi connectivity index (χ3v) is 3.79. The van der Waals surface area contributed by atoms with Crippen molar-refractivity contribution in [1.82, 2.24) is 4.90 Å². The second-order valence-electron chi connectivity index (χ2n) is 5.48. The molecule has 1 saturated carbocycles. The van der Waals surface area contributed by atoms with Crippen molar-refractivity contribution < 1.29 is 4.79 Å². The summed E-state index contributed by atoms with van der Waals surface area (Å²) in [6.45, 7) is 6.20. The molecule has 74 valence electrons. The quantitative estimate of drug-likeness (QED) is 0.567. The molecule has 2 bridgehead atoms. The number of carbonyl (C=O) groups excluding carboxylic acids is 1. The Morgan fingerprint density at radius 2 is 1.62 bits per heavy atom. The van der Waals surface area contributed by atoms with E-state index in [0.29, 0.717) is 5.78 Å². The fraction of sp³-hybridized carbons (Fsp3) is 0.909. The molecular formula is C11H19NO. The van der Waals surface area contributed by atoms with Gasteiger partial charge in [-0.25, -0.2) is 0 Å². The Morgan fingerprint density at radius 3 is 2.08 bits per heavy atom. The summed E-state index contributed by atoms with van der Waals surface area (Å²) in [5.74, 6) is 0.518. The van der Waals surface area contributed by atoms with Crippen molar-refractivity contribution in [1.29, 1.82) is 0 Å². The first-order valence-corrected chi connectivity index (χ1v) is 5.20. The number of fused-ring (bicyclic) bond motifs is 2. The molecule has 2 nitrogen and oxygen atoms in total. The molecule has 2 atom stereocenters. The van der Waals surface area contributed by atoms with Crippen LogP contribution in [-0.2, 0) is 4.79 Å². The van der Waals surface area contributed by atoms with Gasteiger partial charge in [-0.2, -0.15) is 0 Å². The van der Waals surface area contributed by atoms with E-state index in [1.165, 1.54) is 6.42 Å². The molecule has 2 heteroatoms. The molecule has 2 aliphatic rings. The van der Waals surface area contributed by atoms with Crippen molar-refractivity contribution in [3.63, 3.8) is 0 Å². The lowest BCUT2D eigenvalue weighted by Crippen LogP contribution is -2.58. The number of likely N-dealkylation sites (tertiary alicyclic amines) is 1. The predicted molar refractivity (Wildman–Crippen MR) is 52.6 cm³/mol. The van der Waals surface area contributed by atoms with Crippen LogP contribution in [0.25, 0.3) is 0 Å². The SMILES string of the molecule is CN1CC2(C)CCCC(C)(C1)C2=O. The molecule has 0 spiro atoms. The van der Waals surface area contributed by atoms with E-state index >= 15 is 0 Å². The van der Waals surface area contributed by atoms with E-state index < -0.39 is 0 Å². The number of hydrogen-bond acceptors (Lipinski definition) is 2. The highest BCUT2D eigenvalue weighted by Crippen LogP contribution is 2.46. The molecular weight excluding hydrogens is 162 g/mol. The Labute approximate surface area is 80.3 Å². The maximum Gasteiger partial charge on any atom is 0.147 e. The maximum absolute atomic E-state index is 12.2. The number of ketones is 1. The zero-order valence-electron chi connectivity index (χ0n) is 8.89. The lowest BCUT2D eigenvalue weighted by atomic mass is 9.59. The van der Waals surface area contributed by atoms with E-state index in [4.69, 9.17) is 0 Å². The second kappa shape index (κ2) is 2.57. The normalized spacial score (nSPS) is 46.5. The second-order valence-corrected chi connectivity index (χ2v) is 5.48. The number of Topliss-reactive ketones (excluding diaryl/α,β-unsaturated/α-hetero) is 1. The Hall–Kier alpha value is -0.370. The van der Waals surface area contributed by atoms with Crippen LogP contribution in [0.1, 0.15) is 33.1 Å². The van der Waals surface area contributed by atoms with Gasteiger partial charge in [-0.15, -0.1) is 0 Å². The zero-order chi connectivity index (χ0) is 9.69. The molecule has 0 aromatic rings. The molecule has 2 rings (SSSR count). The van der Waals surface area contributed by atoms with E-state index in [9.17, 15) is 4.79 Å². The lowest BCUT2D eigenvalue weighted by Gasteiger charge is -2.51. The minimum absolute atomic E-state index is 0.0417. The molecule has 13 heavy (non-hydrogen) atoms. The highest BCUT2D eigenvalue weighted by molar-refractivity contribution is 5.91. The first kappa shape index (κ1) is 9.20. The van der Waals surface area contributed by atoms with Gasteiger partial charge in [-0.05, 0) is 19.9 Å². The first-order chi connectivity index (χ1) is 5.96. The van der Waals surface area contributed by atoms with Crippen LogP contribution in [0.2, 0.25) is 0 Å². The van der Waals surface area contributed by atoms with Crippen LogP contribution in [-0.4, -0.2) is 30.8 Å². The van der Waals surface area contributed by atoms with Crippen LogP contribution >= 0.6 is 0 Å². The van der Waals surface area contributed by atoms with Gasteiger partial charge in [0.25, 0.3) is 0 Å². The van der Waals surface area contributed by atoms with Gasteiger partial charge < -0.3 is 4.90 Å². The monoisotopic (exact) mass is 181 g/mol. The van der Waals surface area contributed by atoms with Crippen molar-refractivity contribution in [2.24, 2.45) is 10.8 Å². The standard InChI is InChI=1S/C11H19NO/c1-10-5-4-6-11(2,9(10)13)8-12(3)7-10/h4-8H2,1-3H3. The minimum atomic E-state index is -0.0417. The lowest BCUT2D eigenvalue weighted by molar-refractivity contribution is -0.150. The number of piperidine rings is 1. The van der Waals surface area contributed by atoms with Crippen LogP contribution in [0.5, 0.6) is 0 Å². The van der Waals surface area contributed by atoms with Gasteiger partial charge in [0, 0.05) is 23.9 Å². The molecule has 0 aromatic carbocycles. The van der Waals surface area contributed by atoms with Gasteiger partial charge in [-0.1, -0.05) is 20.3 Å². The van der Waals surface area contributed by atoms with Crippen LogP contribution < -0.4 is 0 Å². The molecule has 0 amide bonds. The number of carbonyl (C=O) groups is 1. The highest BCUT2D eigenvalue weighted by Gasteiger charge is 2.52. The molecule has 0 radical (unpaired) electrons. The molecule has 0 N–H and O–H groups in total. The predicted octanol–water partition coefficient (Wildman–Crippen LogP) is 1.70. The summed E-state index contributed by atoms with van der Waals surface area (Å²) in [4.78, 5) is 14.5. The van der Waals surface area contributed by atoms with Gasteiger partial charge in [0.05, 0.1) is 0 Å². The van der Waals surface area contributed by atoms with Crippen molar-refractivity contribution >= 4 is 5.78 Å². The van der Waals surface area contributed by atoms with Gasteiger partial charge >= 0.3 is 0 Å². The van der Waals surface area contributed by atoms with E-state index in [1.54, 1.807) is 0 Å². The summed E-state index contributed by atoms with van der Waals surface area (Å²) < 4.78 is 0. The smallest absolute Gasteiger partial charge is 0.147 e. The summed E-state index contributed by atoms with van der Waals surface area (Å²) in [6.07, 6.45) is 3.41. The van der Waals surface area contributed by atoms with Gasteiger partial charge in [0.15, 0.2) is 0 Å². The average molecular weight is 181 g/mol. The van der Waals surface area contributed by atoms with Crippen molar-refractivity contribution in [3.05, 3.63) is 0 Å². The van der Waals surface area contributed by atoms with E-state index in [1.807, 2.05) is 0 Å². The molecule has 0 aromatic heterocycles. The van der Waals surface area contributed by atoms with Crippen molar-refractivity contribution in [2.75, 3.05) is 20.1 Å². The summed E-state index contributed by atoms with van der Waals surface area (Å²) in [7, 11) is 2.13. The van der Waals surface area contributed by atoms with Crippen molar-refractivity contribution in [3.8, 4) is 0 Å². The zero-order valence-corrected chi connectivity index (χ0v) is 8.89. The van der Waals surface area contributed by atoms with Crippen LogP contribution in [0.4, 0.5) is 0 Å². The average Bonchev–Trinajstić information content (AvgIpc) is 1.97. The largest absolute Gasteiger partial charge is 0.304 e. The third kappa shape index (κ3) is 1.23. The number of nitrogens with zero attached hydrogens (tertiary/aromatic N) is 1. The maximum atomic E-state index is 12.2. The van der Waals surface area contributed by atoms with Gasteiger partial charge in [-0.3, -0.25) is 4.79 Å². The molecule has 1 heterocycles. The van der Waals surface area contributed by atoms with E-state index in [0.717, 1.165) is 25.9 Å². The van der Waals surface area contributed by atoms with E-state index in [2.05, 4.69) is 25.8 Å². The topological polar surface area (TPSA) is 20.3 Å². The summed E-state index contributed by atoms with van der Waals surface area (Å²) >= 11 is 0. The fourth-order valence-corrected chi connectivity index (χ4v) is 3.37. The number of rotatable bonds is 0. The minimum Gasteiger partial charge on any atom is -0.304 e. The summed E-state index contributed by atoms with van der Waals surface area (Å²) in [5, 5.41) is 0. The molecule has 2 fully saturated rings. The molecule has 1 saturated heterocycles. The van der Waals surface area contributed by atoms with E-state index in [-0.39, 0.29) is 10.8 Å². The summed E-state index contributed by atoms with van der Waals surface area (Å²) in [6, 6.07) is 0. The van der Waals surface area contributed by atoms with Gasteiger partial charge in [0.1, 0.15) is 5.78 Å². The van der Waals surface area contributed by atoms with Crippen LogP contribution in [0, 0.1) is 10.8 Å². The molecule has 1 aliphatic carbocycles. The highest BCUT2D eigenvalue weighted by atomic mass is 16.1. The number of hydrogen-bond donors (Lipinski definition) is 0. The molecule has 1 aliphatic heterocycles. The van der Waals surface area contributed by atoms with Crippen LogP contribution in [0.3, 0.4) is 0 Å². The van der Waals surface area contributed by atoms with Gasteiger partial charge in [0.2, 0.25) is 0 Å². The van der Waals surface area contributed by atoms with Crippen molar-refractivity contribution in [2.45, 2.75) is 33.1 Å². The third-order valence-electron chi connectivity index (χ3n) is 3.79. The Bertz CT molecular complexity index is 228.